The molecule has 3 N–H and O–H groups in total. The molecule has 0 aliphatic rings. The van der Waals surface area contributed by atoms with Crippen molar-refractivity contribution in [3.05, 3.63) is 0 Å². The minimum atomic E-state index is -4.96. The molecule has 0 fully saturated rings. The third-order valence-electron chi connectivity index (χ3n) is 19.4. The maximum Gasteiger partial charge on any atom is 0.472 e. The maximum absolute atomic E-state index is 13.1. The smallest absolute Gasteiger partial charge is 0.462 e. The summed E-state index contributed by atoms with van der Waals surface area (Å²) in [6, 6.07) is 0. The lowest BCUT2D eigenvalue weighted by atomic mass is 9.99. The van der Waals surface area contributed by atoms with Gasteiger partial charge in [-0.3, -0.25) is 37.3 Å². The molecule has 0 aromatic heterocycles. The van der Waals surface area contributed by atoms with Crippen LogP contribution in [0.25, 0.3) is 0 Å². The lowest BCUT2D eigenvalue weighted by Gasteiger charge is -2.21. The van der Waals surface area contributed by atoms with E-state index in [1.807, 2.05) is 0 Å². The summed E-state index contributed by atoms with van der Waals surface area (Å²) < 4.78 is 68.4. The molecule has 0 aliphatic heterocycles. The predicted octanol–water partition coefficient (Wildman–Crippen LogP) is 23.9. The molecule has 0 rings (SSSR count). The molecule has 0 radical (unpaired) electrons. The molecule has 0 saturated carbocycles. The quantitative estimate of drug-likeness (QED) is 0.0222. The van der Waals surface area contributed by atoms with Gasteiger partial charge >= 0.3 is 39.5 Å². The summed E-state index contributed by atoms with van der Waals surface area (Å²) in [7, 11) is -9.91. The molecular formula is C80H156O17P2. The second kappa shape index (κ2) is 71.7. The molecular weight excluding hydrogens is 1290 g/mol. The van der Waals surface area contributed by atoms with E-state index in [2.05, 4.69) is 41.5 Å². The lowest BCUT2D eigenvalue weighted by molar-refractivity contribution is -0.161. The van der Waals surface area contributed by atoms with Crippen molar-refractivity contribution in [3.63, 3.8) is 0 Å². The van der Waals surface area contributed by atoms with Crippen LogP contribution in [0.3, 0.4) is 0 Å². The highest BCUT2D eigenvalue weighted by atomic mass is 31.2. The fraction of sp³-hybridized carbons (Fsp3) is 0.950. The second-order valence-electron chi connectivity index (χ2n) is 29.3. The molecule has 0 heterocycles. The molecule has 0 spiro atoms. The Morgan fingerprint density at radius 3 is 0.717 bits per heavy atom. The fourth-order valence-corrected chi connectivity index (χ4v) is 13.9. The molecule has 0 aromatic carbocycles. The van der Waals surface area contributed by atoms with Crippen LogP contribution in [0.2, 0.25) is 0 Å². The number of hydrogen-bond donors (Lipinski definition) is 3. The van der Waals surface area contributed by atoms with Crippen molar-refractivity contribution in [2.45, 2.75) is 439 Å². The molecule has 0 bridgehead atoms. The summed E-state index contributed by atoms with van der Waals surface area (Å²) in [4.78, 5) is 72.7. The minimum Gasteiger partial charge on any atom is -0.462 e. The van der Waals surface area contributed by atoms with Gasteiger partial charge in [0.1, 0.15) is 19.3 Å². The summed E-state index contributed by atoms with van der Waals surface area (Å²) in [5.74, 6) is -0.448. The van der Waals surface area contributed by atoms with Crippen LogP contribution in [0.4, 0.5) is 0 Å². The summed E-state index contributed by atoms with van der Waals surface area (Å²) in [6.07, 6.45) is 61.5. The summed E-state index contributed by atoms with van der Waals surface area (Å²) in [6.45, 7) is 9.62. The van der Waals surface area contributed by atoms with Gasteiger partial charge in [0.15, 0.2) is 12.2 Å². The number of aliphatic hydroxyl groups excluding tert-OH is 1. The molecule has 19 heteroatoms. The summed E-state index contributed by atoms with van der Waals surface area (Å²) in [5.41, 5.74) is 0. The minimum absolute atomic E-state index is 0.106. The van der Waals surface area contributed by atoms with Crippen LogP contribution in [0.5, 0.6) is 0 Å². The summed E-state index contributed by atoms with van der Waals surface area (Å²) in [5, 5.41) is 10.6. The number of carbonyl (C=O) groups is 4. The van der Waals surface area contributed by atoms with Gasteiger partial charge in [0.05, 0.1) is 26.4 Å². The third-order valence-corrected chi connectivity index (χ3v) is 21.3. The molecule has 0 aromatic rings. The van der Waals surface area contributed by atoms with E-state index in [1.165, 1.54) is 231 Å². The Morgan fingerprint density at radius 1 is 0.283 bits per heavy atom. The van der Waals surface area contributed by atoms with E-state index in [1.54, 1.807) is 0 Å². The summed E-state index contributed by atoms with van der Waals surface area (Å²) >= 11 is 0. The van der Waals surface area contributed by atoms with E-state index in [4.69, 9.17) is 37.0 Å². The number of aliphatic hydroxyl groups is 1. The Bertz CT molecular complexity index is 1910. The maximum atomic E-state index is 13.1. The van der Waals surface area contributed by atoms with E-state index in [9.17, 15) is 43.2 Å². The molecule has 0 saturated heterocycles. The Balaban J connectivity index is 5.12. The Morgan fingerprint density at radius 2 is 0.485 bits per heavy atom. The number of phosphoric ester groups is 2. The zero-order valence-electron chi connectivity index (χ0n) is 64.8. The highest BCUT2D eigenvalue weighted by molar-refractivity contribution is 7.47. The molecule has 17 nitrogen and oxygen atoms in total. The number of unbranched alkanes of at least 4 members (excludes halogenated alkanes) is 47. The van der Waals surface area contributed by atoms with Crippen LogP contribution < -0.4 is 0 Å². The van der Waals surface area contributed by atoms with Gasteiger partial charge in [0, 0.05) is 25.7 Å². The largest absolute Gasteiger partial charge is 0.472 e. The Kier molecular flexibility index (Phi) is 70.3. The van der Waals surface area contributed by atoms with Gasteiger partial charge in [0.25, 0.3) is 0 Å². The van der Waals surface area contributed by atoms with Gasteiger partial charge in [-0.05, 0) is 37.5 Å². The molecule has 99 heavy (non-hydrogen) atoms. The van der Waals surface area contributed by atoms with Crippen LogP contribution in [0, 0.1) is 11.8 Å². The highest BCUT2D eigenvalue weighted by Crippen LogP contribution is 2.45. The lowest BCUT2D eigenvalue weighted by Crippen LogP contribution is -2.30. The number of esters is 4. The first-order valence-electron chi connectivity index (χ1n) is 41.6. The first kappa shape index (κ1) is 97.1. The zero-order chi connectivity index (χ0) is 72.8. The SMILES string of the molecule is CCCCCCCCCCCCCCCCCCCCC(=O)OC[C@H](COP(=O)(O)OC[C@@H](O)COP(=O)(O)OC[C@@H](COC(=O)CCCCCCC)OC(=O)CCCCCCCCCCCCC(C)CC)OC(=O)CCCCCCCCCCCCCCCCCCCCC(C)CC. The Labute approximate surface area is 607 Å². The normalized spacial score (nSPS) is 14.5. The number of phosphoric acid groups is 2. The number of carbonyl (C=O) groups excluding carboxylic acids is 4. The third kappa shape index (κ3) is 71.5. The van der Waals surface area contributed by atoms with Gasteiger partial charge in [0.2, 0.25) is 0 Å². The van der Waals surface area contributed by atoms with E-state index in [-0.39, 0.29) is 25.7 Å². The van der Waals surface area contributed by atoms with Crippen molar-refractivity contribution in [2.24, 2.45) is 11.8 Å². The zero-order valence-corrected chi connectivity index (χ0v) is 66.6. The van der Waals surface area contributed by atoms with Crippen LogP contribution in [-0.2, 0) is 65.4 Å². The molecule has 7 atom stereocenters. The van der Waals surface area contributed by atoms with Crippen LogP contribution in [-0.4, -0.2) is 96.7 Å². The van der Waals surface area contributed by atoms with Crippen LogP contribution in [0.1, 0.15) is 420 Å². The number of ether oxygens (including phenoxy) is 4. The first-order valence-corrected chi connectivity index (χ1v) is 44.6. The van der Waals surface area contributed by atoms with Crippen LogP contribution in [0.15, 0.2) is 0 Å². The molecule has 588 valence electrons. The van der Waals surface area contributed by atoms with Gasteiger partial charge in [-0.15, -0.1) is 0 Å². The van der Waals surface area contributed by atoms with Gasteiger partial charge in [-0.1, -0.05) is 369 Å². The molecule has 0 amide bonds. The monoisotopic (exact) mass is 1450 g/mol. The van der Waals surface area contributed by atoms with Gasteiger partial charge < -0.3 is 33.8 Å². The van der Waals surface area contributed by atoms with Crippen molar-refractivity contribution in [2.75, 3.05) is 39.6 Å². The standard InChI is InChI=1S/C80H156O17P2/c1-7-11-13-15-16-17-18-19-20-21-25-28-31-34-40-45-51-57-63-78(83)91-69-76(97-80(85)64-58-52-46-41-35-32-29-26-23-22-24-27-30-33-38-43-49-54-60-72(5)9-3)71-95-99(88,89)93-67-74(81)66-92-98(86,87)94-70-75(68-90-77(82)62-56-48-14-12-8-2)96-79(84)65-59-53-47-42-37-36-39-44-50-55-61-73(6)10-4/h72-76,81H,7-71H2,1-6H3,(H,86,87)(H,88,89)/t72?,73?,74-,75+,76+/m0/s1. The average molecular weight is 1450 g/mol. The van der Waals surface area contributed by atoms with E-state index < -0.39 is 97.5 Å². The van der Waals surface area contributed by atoms with E-state index >= 15 is 0 Å². The second-order valence-corrected chi connectivity index (χ2v) is 32.2. The first-order chi connectivity index (χ1) is 47.9. The van der Waals surface area contributed by atoms with Gasteiger partial charge in [-0.25, -0.2) is 9.13 Å². The van der Waals surface area contributed by atoms with Crippen molar-refractivity contribution in [1.29, 1.82) is 0 Å². The topological polar surface area (TPSA) is 237 Å². The Hall–Kier alpha value is -1.94. The van der Waals surface area contributed by atoms with Crippen LogP contribution >= 0.6 is 15.6 Å². The molecule has 0 aliphatic carbocycles. The average Bonchev–Trinajstić information content (AvgIpc) is 1.42. The van der Waals surface area contributed by atoms with E-state index in [0.717, 1.165) is 108 Å². The number of rotatable bonds is 79. The van der Waals surface area contributed by atoms with Gasteiger partial charge in [-0.2, -0.15) is 0 Å². The highest BCUT2D eigenvalue weighted by Gasteiger charge is 2.30. The van der Waals surface area contributed by atoms with E-state index in [0.29, 0.717) is 25.7 Å². The molecule has 4 unspecified atom stereocenters. The fourth-order valence-electron chi connectivity index (χ4n) is 12.3. The van der Waals surface area contributed by atoms with Crippen molar-refractivity contribution in [3.8, 4) is 0 Å². The van der Waals surface area contributed by atoms with Crippen molar-refractivity contribution >= 4 is 39.5 Å². The number of hydrogen-bond acceptors (Lipinski definition) is 15. The predicted molar refractivity (Wildman–Crippen MR) is 405 cm³/mol. The van der Waals surface area contributed by atoms with Crippen molar-refractivity contribution in [1.82, 2.24) is 0 Å². The van der Waals surface area contributed by atoms with Crippen molar-refractivity contribution < 1.29 is 80.2 Å².